The summed E-state index contributed by atoms with van der Waals surface area (Å²) in [6.45, 7) is 1.49. The molecule has 2 rings (SSSR count). The van der Waals surface area contributed by atoms with Crippen molar-refractivity contribution in [3.63, 3.8) is 0 Å². The third kappa shape index (κ3) is 4.40. The Hall–Kier alpha value is -3.31. The van der Waals surface area contributed by atoms with Gasteiger partial charge in [-0.25, -0.2) is 0 Å². The van der Waals surface area contributed by atoms with E-state index in [9.17, 15) is 14.9 Å². The predicted octanol–water partition coefficient (Wildman–Crippen LogP) is 3.53. The van der Waals surface area contributed by atoms with Gasteiger partial charge >= 0.3 is 0 Å². The number of amides is 1. The molecule has 0 aromatic heterocycles. The third-order valence-electron chi connectivity index (χ3n) is 3.39. The van der Waals surface area contributed by atoms with Gasteiger partial charge in [-0.1, -0.05) is 11.6 Å². The van der Waals surface area contributed by atoms with Crippen molar-refractivity contribution in [2.24, 2.45) is 0 Å². The molecule has 0 saturated heterocycles. The summed E-state index contributed by atoms with van der Waals surface area (Å²) >= 11 is 6.02. The number of carbonyl (C=O) groups excluding carboxylic acids is 1. The Morgan fingerprint density at radius 1 is 1.31 bits per heavy atom. The van der Waals surface area contributed by atoms with E-state index in [0.717, 1.165) is 0 Å². The van der Waals surface area contributed by atoms with Crippen molar-refractivity contribution < 1.29 is 19.2 Å². The summed E-state index contributed by atoms with van der Waals surface area (Å²) in [7, 11) is 1.38. The highest BCUT2D eigenvalue weighted by Gasteiger charge is 2.20. The van der Waals surface area contributed by atoms with Crippen LogP contribution in [0.2, 0.25) is 5.02 Å². The molecule has 0 bridgehead atoms. The topological polar surface area (TPSA) is 114 Å². The van der Waals surface area contributed by atoms with Gasteiger partial charge in [0, 0.05) is 12.1 Å². The minimum atomic E-state index is -0.954. The molecule has 26 heavy (non-hydrogen) atoms. The number of anilines is 1. The molecule has 0 aliphatic rings. The molecule has 0 heterocycles. The number of non-ortho nitro benzene ring substituents is 1. The van der Waals surface area contributed by atoms with Crippen molar-refractivity contribution in [2.45, 2.75) is 13.0 Å². The molecule has 0 unspecified atom stereocenters. The first kappa shape index (κ1) is 19.0. The maximum Gasteiger partial charge on any atom is 0.271 e. The van der Waals surface area contributed by atoms with E-state index in [2.05, 4.69) is 5.32 Å². The normalized spacial score (nSPS) is 11.2. The first-order valence-corrected chi connectivity index (χ1v) is 7.73. The molecule has 0 spiro atoms. The number of nitro groups is 1. The standard InChI is InChI=1S/C17H14ClN3O5/c1-10(26-15-5-3-11(9-19)7-13(15)18)17(22)20-14-8-12(21(23)24)4-6-16(14)25-2/h3-8,10H,1-2H3,(H,20,22)/t10-/m0/s1. The fourth-order valence-corrected chi connectivity index (χ4v) is 2.28. The number of nitriles is 1. The fourth-order valence-electron chi connectivity index (χ4n) is 2.05. The number of carbonyl (C=O) groups is 1. The number of methoxy groups -OCH3 is 1. The van der Waals surface area contributed by atoms with Crippen LogP contribution in [0.3, 0.4) is 0 Å². The number of hydrogen-bond donors (Lipinski definition) is 1. The predicted molar refractivity (Wildman–Crippen MR) is 94.5 cm³/mol. The zero-order valence-corrected chi connectivity index (χ0v) is 14.6. The molecule has 0 radical (unpaired) electrons. The molecular formula is C17H14ClN3O5. The third-order valence-corrected chi connectivity index (χ3v) is 3.68. The van der Waals surface area contributed by atoms with Gasteiger partial charge in [0.25, 0.3) is 11.6 Å². The Morgan fingerprint density at radius 3 is 2.58 bits per heavy atom. The molecule has 1 amide bonds. The Labute approximate surface area is 154 Å². The van der Waals surface area contributed by atoms with Crippen LogP contribution in [0, 0.1) is 21.4 Å². The van der Waals surface area contributed by atoms with Gasteiger partial charge in [-0.15, -0.1) is 0 Å². The van der Waals surface area contributed by atoms with Gasteiger partial charge in [-0.3, -0.25) is 14.9 Å². The summed E-state index contributed by atoms with van der Waals surface area (Å²) in [5.41, 5.74) is 0.318. The smallest absolute Gasteiger partial charge is 0.271 e. The molecule has 2 aromatic carbocycles. The molecule has 0 aliphatic carbocycles. The Balaban J connectivity index is 2.16. The lowest BCUT2D eigenvalue weighted by Crippen LogP contribution is -2.30. The molecule has 1 N–H and O–H groups in total. The maximum absolute atomic E-state index is 12.3. The lowest BCUT2D eigenvalue weighted by molar-refractivity contribution is -0.384. The van der Waals surface area contributed by atoms with Crippen LogP contribution in [0.5, 0.6) is 11.5 Å². The van der Waals surface area contributed by atoms with Gasteiger partial charge in [0.15, 0.2) is 6.10 Å². The first-order chi connectivity index (χ1) is 12.3. The van der Waals surface area contributed by atoms with Crippen molar-refractivity contribution in [1.82, 2.24) is 0 Å². The quantitative estimate of drug-likeness (QED) is 0.610. The second-order valence-electron chi connectivity index (χ2n) is 5.15. The molecule has 0 saturated carbocycles. The zero-order valence-electron chi connectivity index (χ0n) is 13.9. The number of nitrogens with one attached hydrogen (secondary N) is 1. The van der Waals surface area contributed by atoms with E-state index in [1.165, 1.54) is 50.4 Å². The van der Waals surface area contributed by atoms with Gasteiger partial charge in [0.1, 0.15) is 11.5 Å². The van der Waals surface area contributed by atoms with Crippen molar-refractivity contribution >= 4 is 28.9 Å². The Bertz CT molecular complexity index is 894. The minimum absolute atomic E-state index is 0.146. The van der Waals surface area contributed by atoms with E-state index in [1.807, 2.05) is 6.07 Å². The molecule has 8 nitrogen and oxygen atoms in total. The summed E-state index contributed by atoms with van der Waals surface area (Å²) in [6, 6.07) is 10.2. The lowest BCUT2D eigenvalue weighted by atomic mass is 10.2. The van der Waals surface area contributed by atoms with Crippen LogP contribution in [0.1, 0.15) is 12.5 Å². The van der Waals surface area contributed by atoms with E-state index in [4.69, 9.17) is 26.3 Å². The van der Waals surface area contributed by atoms with Crippen molar-refractivity contribution in [1.29, 1.82) is 5.26 Å². The molecule has 0 aliphatic heterocycles. The van der Waals surface area contributed by atoms with E-state index in [1.54, 1.807) is 0 Å². The summed E-state index contributed by atoms with van der Waals surface area (Å²) in [4.78, 5) is 22.7. The summed E-state index contributed by atoms with van der Waals surface area (Å²) in [5.74, 6) is -0.0453. The van der Waals surface area contributed by atoms with Gasteiger partial charge in [-0.2, -0.15) is 5.26 Å². The van der Waals surface area contributed by atoms with Gasteiger partial charge in [0.2, 0.25) is 0 Å². The number of nitro benzene ring substituents is 1. The second-order valence-corrected chi connectivity index (χ2v) is 5.56. The number of rotatable bonds is 6. The van der Waals surface area contributed by atoms with E-state index in [-0.39, 0.29) is 27.9 Å². The van der Waals surface area contributed by atoms with E-state index >= 15 is 0 Å². The molecule has 1 atom stereocenters. The van der Waals surface area contributed by atoms with Crippen molar-refractivity contribution in [2.75, 3.05) is 12.4 Å². The first-order valence-electron chi connectivity index (χ1n) is 7.35. The van der Waals surface area contributed by atoms with Gasteiger partial charge in [0.05, 0.1) is 34.4 Å². The molecule has 0 fully saturated rings. The number of benzene rings is 2. The van der Waals surface area contributed by atoms with Crippen LogP contribution in [-0.4, -0.2) is 24.0 Å². The fraction of sp³-hybridized carbons (Fsp3) is 0.176. The molecular weight excluding hydrogens is 362 g/mol. The highest BCUT2D eigenvalue weighted by Crippen LogP contribution is 2.30. The minimum Gasteiger partial charge on any atom is -0.495 e. The average molecular weight is 376 g/mol. The van der Waals surface area contributed by atoms with E-state index < -0.39 is 16.9 Å². The summed E-state index contributed by atoms with van der Waals surface area (Å²) in [6.07, 6.45) is -0.954. The zero-order chi connectivity index (χ0) is 19.3. The lowest BCUT2D eigenvalue weighted by Gasteiger charge is -2.16. The number of ether oxygens (including phenoxy) is 2. The van der Waals surface area contributed by atoms with Crippen LogP contribution in [0.15, 0.2) is 36.4 Å². The maximum atomic E-state index is 12.3. The monoisotopic (exact) mass is 375 g/mol. The van der Waals surface area contributed by atoms with Crippen LogP contribution >= 0.6 is 11.6 Å². The Kier molecular flexibility index (Phi) is 5.98. The van der Waals surface area contributed by atoms with Crippen LogP contribution in [0.25, 0.3) is 0 Å². The highest BCUT2D eigenvalue weighted by atomic mass is 35.5. The summed E-state index contributed by atoms with van der Waals surface area (Å²) < 4.78 is 10.6. The average Bonchev–Trinajstić information content (AvgIpc) is 2.62. The second kappa shape index (κ2) is 8.18. The van der Waals surface area contributed by atoms with Crippen LogP contribution in [0.4, 0.5) is 11.4 Å². The van der Waals surface area contributed by atoms with Gasteiger partial charge in [-0.05, 0) is 31.2 Å². The molecule has 9 heteroatoms. The summed E-state index contributed by atoms with van der Waals surface area (Å²) in [5, 5.41) is 22.4. The van der Waals surface area contributed by atoms with E-state index in [0.29, 0.717) is 5.56 Å². The number of hydrogen-bond acceptors (Lipinski definition) is 6. The largest absolute Gasteiger partial charge is 0.495 e. The molecule has 134 valence electrons. The Morgan fingerprint density at radius 2 is 2.00 bits per heavy atom. The van der Waals surface area contributed by atoms with Gasteiger partial charge < -0.3 is 14.8 Å². The van der Waals surface area contributed by atoms with Crippen molar-refractivity contribution in [3.05, 3.63) is 57.1 Å². The number of halogens is 1. The highest BCUT2D eigenvalue weighted by molar-refractivity contribution is 6.32. The van der Waals surface area contributed by atoms with Crippen molar-refractivity contribution in [3.8, 4) is 17.6 Å². The SMILES string of the molecule is COc1ccc([N+](=O)[O-])cc1NC(=O)[C@H](C)Oc1ccc(C#N)cc1Cl. The van der Waals surface area contributed by atoms with Crippen LogP contribution in [-0.2, 0) is 4.79 Å². The number of nitrogens with zero attached hydrogens (tertiary/aromatic N) is 2. The molecule has 2 aromatic rings. The van der Waals surface area contributed by atoms with Crippen LogP contribution < -0.4 is 14.8 Å².